The van der Waals surface area contributed by atoms with E-state index >= 15 is 0 Å². The summed E-state index contributed by atoms with van der Waals surface area (Å²) in [6.45, 7) is 5.96. The molecule has 0 radical (unpaired) electrons. The zero-order valence-electron chi connectivity index (χ0n) is 10.1. The highest BCUT2D eigenvalue weighted by Crippen LogP contribution is 2.30. The minimum Gasteiger partial charge on any atom is -0.461 e. The van der Waals surface area contributed by atoms with Gasteiger partial charge in [0.05, 0.1) is 17.1 Å². The van der Waals surface area contributed by atoms with Gasteiger partial charge in [0.2, 0.25) is 0 Å². The number of fused-ring (bicyclic) bond motifs is 1. The fourth-order valence-corrected chi connectivity index (χ4v) is 2.09. The number of carbonyl (C=O) groups excluding carboxylic acids is 1. The van der Waals surface area contributed by atoms with Crippen LogP contribution in [-0.4, -0.2) is 17.6 Å². The maximum Gasteiger partial charge on any atom is 0.355 e. The third kappa shape index (κ3) is 1.91. The van der Waals surface area contributed by atoms with E-state index in [-0.39, 0.29) is 5.97 Å². The molecule has 0 aliphatic rings. The molecule has 1 heterocycles. The summed E-state index contributed by atoms with van der Waals surface area (Å²) in [5.41, 5.74) is 3.14. The molecule has 2 rings (SSSR count). The Morgan fingerprint density at radius 1 is 1.41 bits per heavy atom. The Labute approximate surface area is 105 Å². The highest BCUT2D eigenvalue weighted by Gasteiger charge is 2.17. The number of rotatable bonds is 2. The van der Waals surface area contributed by atoms with Crippen molar-refractivity contribution in [2.75, 3.05) is 6.61 Å². The van der Waals surface area contributed by atoms with Crippen molar-refractivity contribution in [3.63, 3.8) is 0 Å². The first-order valence-corrected chi connectivity index (χ1v) is 5.88. The number of ether oxygens (including phenoxy) is 1. The van der Waals surface area contributed by atoms with Gasteiger partial charge in [-0.05, 0) is 31.9 Å². The number of hydrogen-bond donors (Lipinski definition) is 1. The summed E-state index contributed by atoms with van der Waals surface area (Å²) in [5.74, 6) is -0.338. The normalized spacial score (nSPS) is 10.8. The van der Waals surface area contributed by atoms with E-state index in [0.29, 0.717) is 17.3 Å². The molecule has 4 heteroatoms. The average molecular weight is 252 g/mol. The van der Waals surface area contributed by atoms with Crippen molar-refractivity contribution >= 4 is 28.5 Å². The summed E-state index contributed by atoms with van der Waals surface area (Å²) in [7, 11) is 0. The van der Waals surface area contributed by atoms with Crippen LogP contribution in [-0.2, 0) is 4.74 Å². The van der Waals surface area contributed by atoms with Crippen molar-refractivity contribution in [1.82, 2.24) is 4.98 Å². The molecule has 0 spiro atoms. The van der Waals surface area contributed by atoms with Gasteiger partial charge in [-0.25, -0.2) is 4.79 Å². The fraction of sp³-hybridized carbons (Fsp3) is 0.308. The molecule has 1 aromatic heterocycles. The molecule has 0 saturated carbocycles. The van der Waals surface area contributed by atoms with Crippen LogP contribution in [0.2, 0.25) is 5.02 Å². The zero-order chi connectivity index (χ0) is 12.6. The minimum absolute atomic E-state index is 0.338. The summed E-state index contributed by atoms with van der Waals surface area (Å²) in [4.78, 5) is 14.8. The van der Waals surface area contributed by atoms with Crippen LogP contribution in [0.15, 0.2) is 12.1 Å². The number of nitrogens with one attached hydrogen (secondary N) is 1. The van der Waals surface area contributed by atoms with Crippen LogP contribution in [0.5, 0.6) is 0 Å². The zero-order valence-corrected chi connectivity index (χ0v) is 10.8. The van der Waals surface area contributed by atoms with Crippen molar-refractivity contribution in [2.24, 2.45) is 0 Å². The molecular formula is C13H14ClNO2. The third-order valence-corrected chi connectivity index (χ3v) is 3.33. The average Bonchev–Trinajstić information content (AvgIpc) is 2.63. The first-order chi connectivity index (χ1) is 8.06. The Hall–Kier alpha value is -1.48. The molecule has 0 saturated heterocycles. The number of H-pyrrole nitrogens is 1. The second-order valence-corrected chi connectivity index (χ2v) is 4.34. The number of aromatic amines is 1. The summed E-state index contributed by atoms with van der Waals surface area (Å²) in [5, 5.41) is 1.62. The van der Waals surface area contributed by atoms with Crippen LogP contribution >= 0.6 is 11.6 Å². The van der Waals surface area contributed by atoms with Crippen molar-refractivity contribution in [3.05, 3.63) is 34.0 Å². The summed E-state index contributed by atoms with van der Waals surface area (Å²) in [6.07, 6.45) is 0. The van der Waals surface area contributed by atoms with Gasteiger partial charge < -0.3 is 9.72 Å². The molecule has 3 nitrogen and oxygen atoms in total. The molecule has 90 valence electrons. The Kier molecular flexibility index (Phi) is 3.11. The van der Waals surface area contributed by atoms with Crippen LogP contribution in [0, 0.1) is 13.8 Å². The Bertz CT molecular complexity index is 587. The lowest BCUT2D eigenvalue weighted by Crippen LogP contribution is -2.06. The number of aryl methyl sites for hydroxylation is 2. The van der Waals surface area contributed by atoms with Crippen molar-refractivity contribution in [1.29, 1.82) is 0 Å². The molecule has 0 atom stereocenters. The lowest BCUT2D eigenvalue weighted by Gasteiger charge is -1.99. The molecular weight excluding hydrogens is 238 g/mol. The largest absolute Gasteiger partial charge is 0.461 e. The number of hydrogen-bond acceptors (Lipinski definition) is 2. The smallest absolute Gasteiger partial charge is 0.355 e. The first kappa shape index (κ1) is 12.0. The van der Waals surface area contributed by atoms with Gasteiger partial charge in [0, 0.05) is 5.39 Å². The molecule has 0 bridgehead atoms. The van der Waals surface area contributed by atoms with E-state index in [4.69, 9.17) is 16.3 Å². The Morgan fingerprint density at radius 2 is 2.12 bits per heavy atom. The molecule has 0 fully saturated rings. The van der Waals surface area contributed by atoms with E-state index in [1.807, 2.05) is 26.0 Å². The van der Waals surface area contributed by atoms with E-state index in [1.165, 1.54) is 0 Å². The van der Waals surface area contributed by atoms with E-state index in [0.717, 1.165) is 22.0 Å². The summed E-state index contributed by atoms with van der Waals surface area (Å²) >= 11 is 6.21. The highest BCUT2D eigenvalue weighted by molar-refractivity contribution is 6.36. The first-order valence-electron chi connectivity index (χ1n) is 5.50. The highest BCUT2D eigenvalue weighted by atomic mass is 35.5. The molecule has 0 unspecified atom stereocenters. The molecule has 0 aliphatic carbocycles. The van der Waals surface area contributed by atoms with Gasteiger partial charge in [-0.15, -0.1) is 0 Å². The summed E-state index contributed by atoms with van der Waals surface area (Å²) in [6, 6.07) is 3.91. The Balaban J connectivity index is 2.64. The molecule has 2 aromatic rings. The van der Waals surface area contributed by atoms with E-state index in [1.54, 1.807) is 6.92 Å². The lowest BCUT2D eigenvalue weighted by molar-refractivity contribution is 0.0520. The van der Waals surface area contributed by atoms with Gasteiger partial charge in [0.15, 0.2) is 0 Å². The predicted octanol–water partition coefficient (Wildman–Crippen LogP) is 3.61. The molecule has 1 aromatic carbocycles. The monoisotopic (exact) mass is 251 g/mol. The lowest BCUT2D eigenvalue weighted by atomic mass is 10.1. The van der Waals surface area contributed by atoms with E-state index in [9.17, 15) is 4.79 Å². The standard InChI is InChI=1S/C13H14ClNO2/c1-4-17-13(16)11-8(3)9-6-5-7(2)10(14)12(9)15-11/h5-6,15H,4H2,1-3H3. The maximum atomic E-state index is 11.7. The quantitative estimate of drug-likeness (QED) is 0.829. The van der Waals surface area contributed by atoms with Crippen molar-refractivity contribution < 1.29 is 9.53 Å². The number of halogens is 1. The van der Waals surface area contributed by atoms with Gasteiger partial charge in [0.1, 0.15) is 5.69 Å². The van der Waals surface area contributed by atoms with Crippen LogP contribution in [0.25, 0.3) is 10.9 Å². The van der Waals surface area contributed by atoms with Gasteiger partial charge in [-0.2, -0.15) is 0 Å². The van der Waals surface area contributed by atoms with Gasteiger partial charge >= 0.3 is 5.97 Å². The van der Waals surface area contributed by atoms with Crippen molar-refractivity contribution in [3.8, 4) is 0 Å². The molecule has 0 amide bonds. The molecule has 0 aliphatic heterocycles. The second kappa shape index (κ2) is 4.41. The van der Waals surface area contributed by atoms with Crippen molar-refractivity contribution in [2.45, 2.75) is 20.8 Å². The SMILES string of the molecule is CCOC(=O)c1[nH]c2c(Cl)c(C)ccc2c1C. The predicted molar refractivity (Wildman–Crippen MR) is 68.7 cm³/mol. The minimum atomic E-state index is -0.338. The number of esters is 1. The second-order valence-electron chi connectivity index (χ2n) is 3.96. The third-order valence-electron chi connectivity index (χ3n) is 2.84. The molecule has 17 heavy (non-hydrogen) atoms. The van der Waals surface area contributed by atoms with Crippen LogP contribution in [0.3, 0.4) is 0 Å². The number of aromatic nitrogens is 1. The van der Waals surface area contributed by atoms with Gasteiger partial charge in [-0.3, -0.25) is 0 Å². The van der Waals surface area contributed by atoms with E-state index < -0.39 is 0 Å². The topological polar surface area (TPSA) is 42.1 Å². The maximum absolute atomic E-state index is 11.7. The van der Waals surface area contributed by atoms with E-state index in [2.05, 4.69) is 4.98 Å². The van der Waals surface area contributed by atoms with Gasteiger partial charge in [-0.1, -0.05) is 23.7 Å². The number of carbonyl (C=O) groups is 1. The fourth-order valence-electron chi connectivity index (χ4n) is 1.88. The van der Waals surface area contributed by atoms with Gasteiger partial charge in [0.25, 0.3) is 0 Å². The van der Waals surface area contributed by atoms with Crippen LogP contribution in [0.4, 0.5) is 0 Å². The number of benzene rings is 1. The molecule has 1 N–H and O–H groups in total. The Morgan fingerprint density at radius 3 is 2.76 bits per heavy atom. The van der Waals surface area contributed by atoms with Crippen LogP contribution < -0.4 is 0 Å². The summed E-state index contributed by atoms with van der Waals surface area (Å²) < 4.78 is 5.00. The van der Waals surface area contributed by atoms with Crippen LogP contribution in [0.1, 0.15) is 28.5 Å².